The number of carbonyl (C=O) groups excluding carboxylic acids is 1. The topological polar surface area (TPSA) is 55.1 Å². The highest BCUT2D eigenvalue weighted by Crippen LogP contribution is 2.18. The van der Waals surface area contributed by atoms with Crippen LogP contribution in [-0.4, -0.2) is 20.7 Å². The van der Waals surface area contributed by atoms with Crippen molar-refractivity contribution in [1.82, 2.24) is 9.78 Å². The summed E-state index contributed by atoms with van der Waals surface area (Å²) in [7, 11) is 1.58. The van der Waals surface area contributed by atoms with Gasteiger partial charge in [0.1, 0.15) is 5.56 Å². The Balaban J connectivity index is 2.42. The quantitative estimate of drug-likeness (QED) is 0.748. The Bertz CT molecular complexity index is 489. The van der Waals surface area contributed by atoms with E-state index < -0.39 is 0 Å². The van der Waals surface area contributed by atoms with Crippen molar-refractivity contribution in [2.75, 3.05) is 0 Å². The number of rotatable bonds is 2. The highest BCUT2D eigenvalue weighted by molar-refractivity contribution is 6.10. The molecule has 0 radical (unpaired) electrons. The zero-order valence-corrected chi connectivity index (χ0v) is 8.21. The maximum Gasteiger partial charge on any atom is 0.220 e. The van der Waals surface area contributed by atoms with E-state index >= 15 is 0 Å². The van der Waals surface area contributed by atoms with Gasteiger partial charge in [-0.2, -0.15) is 5.10 Å². The highest BCUT2D eigenvalue weighted by Gasteiger charge is 2.16. The molecule has 1 heterocycles. The van der Waals surface area contributed by atoms with Gasteiger partial charge in [0, 0.05) is 12.6 Å². The molecule has 0 bridgehead atoms. The fourth-order valence-corrected chi connectivity index (χ4v) is 1.34. The smallest absolute Gasteiger partial charge is 0.220 e. The van der Waals surface area contributed by atoms with Crippen LogP contribution in [0.2, 0.25) is 0 Å². The van der Waals surface area contributed by atoms with Crippen molar-refractivity contribution < 1.29 is 9.90 Å². The summed E-state index contributed by atoms with van der Waals surface area (Å²) in [4.78, 5) is 11.9. The van der Waals surface area contributed by atoms with Gasteiger partial charge in [0.05, 0.1) is 6.20 Å². The van der Waals surface area contributed by atoms with E-state index in [1.165, 1.54) is 10.9 Å². The largest absolute Gasteiger partial charge is 0.493 e. The third kappa shape index (κ3) is 1.61. The van der Waals surface area contributed by atoms with Crippen molar-refractivity contribution in [2.45, 2.75) is 0 Å². The first-order valence-electron chi connectivity index (χ1n) is 4.51. The van der Waals surface area contributed by atoms with Crippen molar-refractivity contribution in [3.63, 3.8) is 0 Å². The number of aromatic nitrogens is 2. The molecule has 0 spiro atoms. The molecule has 1 aromatic carbocycles. The number of hydrogen-bond donors (Lipinski definition) is 1. The number of aryl methyl sites for hydroxylation is 1. The number of nitrogens with zero attached hydrogens (tertiary/aromatic N) is 2. The van der Waals surface area contributed by atoms with Crippen molar-refractivity contribution in [1.29, 1.82) is 0 Å². The monoisotopic (exact) mass is 202 g/mol. The van der Waals surface area contributed by atoms with Gasteiger partial charge in [0.15, 0.2) is 5.78 Å². The van der Waals surface area contributed by atoms with Gasteiger partial charge in [-0.25, -0.2) is 4.68 Å². The first-order chi connectivity index (χ1) is 7.20. The van der Waals surface area contributed by atoms with Crippen LogP contribution in [0.4, 0.5) is 0 Å². The average Bonchev–Trinajstić information content (AvgIpc) is 2.60. The molecule has 76 valence electrons. The summed E-state index contributed by atoms with van der Waals surface area (Å²) in [5, 5.41) is 13.4. The molecule has 15 heavy (non-hydrogen) atoms. The lowest BCUT2D eigenvalue weighted by atomic mass is 10.1. The molecular formula is C11H10N2O2. The van der Waals surface area contributed by atoms with Crippen LogP contribution in [0.25, 0.3) is 0 Å². The summed E-state index contributed by atoms with van der Waals surface area (Å²) in [5.74, 6) is -0.329. The van der Waals surface area contributed by atoms with Crippen molar-refractivity contribution in [2.24, 2.45) is 7.05 Å². The van der Waals surface area contributed by atoms with Gasteiger partial charge in [0.2, 0.25) is 5.88 Å². The molecule has 0 fully saturated rings. The summed E-state index contributed by atoms with van der Waals surface area (Å²) < 4.78 is 1.26. The second kappa shape index (κ2) is 3.57. The van der Waals surface area contributed by atoms with Crippen LogP contribution in [0, 0.1) is 0 Å². The molecule has 0 aliphatic heterocycles. The molecule has 0 atom stereocenters. The maximum absolute atomic E-state index is 11.9. The molecule has 2 aromatic rings. The van der Waals surface area contributed by atoms with Crippen LogP contribution in [0.5, 0.6) is 5.88 Å². The number of ketones is 1. The van der Waals surface area contributed by atoms with E-state index in [4.69, 9.17) is 0 Å². The Morgan fingerprint density at radius 1 is 1.33 bits per heavy atom. The van der Waals surface area contributed by atoms with Gasteiger partial charge in [-0.15, -0.1) is 0 Å². The Morgan fingerprint density at radius 3 is 2.53 bits per heavy atom. The second-order valence-electron chi connectivity index (χ2n) is 3.20. The zero-order valence-electron chi connectivity index (χ0n) is 8.21. The number of hydrogen-bond acceptors (Lipinski definition) is 3. The van der Waals surface area contributed by atoms with Crippen LogP contribution in [0.1, 0.15) is 15.9 Å². The minimum Gasteiger partial charge on any atom is -0.493 e. The molecule has 0 saturated heterocycles. The third-order valence-corrected chi connectivity index (χ3v) is 2.19. The van der Waals surface area contributed by atoms with Crippen LogP contribution in [0.15, 0.2) is 36.5 Å². The lowest BCUT2D eigenvalue weighted by Crippen LogP contribution is -2.00. The standard InChI is InChI=1S/C11H10N2O2/c1-13-11(15)9(7-12-13)10(14)8-5-3-2-4-6-8/h2-7,15H,1H3. The van der Waals surface area contributed by atoms with Gasteiger partial charge in [-0.05, 0) is 0 Å². The molecule has 1 N–H and O–H groups in total. The van der Waals surface area contributed by atoms with E-state index in [-0.39, 0.29) is 17.2 Å². The fourth-order valence-electron chi connectivity index (χ4n) is 1.34. The van der Waals surface area contributed by atoms with E-state index in [0.717, 1.165) is 0 Å². The summed E-state index contributed by atoms with van der Waals surface area (Å²) in [6.45, 7) is 0. The molecular weight excluding hydrogens is 192 g/mol. The minimum atomic E-state index is -0.221. The molecule has 0 saturated carbocycles. The molecule has 0 aliphatic carbocycles. The lowest BCUT2D eigenvalue weighted by molar-refractivity contribution is 0.103. The average molecular weight is 202 g/mol. The zero-order chi connectivity index (χ0) is 10.8. The summed E-state index contributed by atoms with van der Waals surface area (Å²) in [5.41, 5.74) is 0.768. The van der Waals surface area contributed by atoms with E-state index in [1.54, 1.807) is 31.3 Å². The Kier molecular flexibility index (Phi) is 2.25. The van der Waals surface area contributed by atoms with Crippen molar-refractivity contribution in [3.8, 4) is 5.88 Å². The summed E-state index contributed by atoms with van der Waals surface area (Å²) >= 11 is 0. The Labute approximate surface area is 86.8 Å². The van der Waals surface area contributed by atoms with E-state index in [2.05, 4.69) is 5.10 Å². The minimum absolute atomic E-state index is 0.108. The normalized spacial score (nSPS) is 10.2. The molecule has 4 heteroatoms. The Morgan fingerprint density at radius 2 is 2.00 bits per heavy atom. The van der Waals surface area contributed by atoms with E-state index in [0.29, 0.717) is 5.56 Å². The highest BCUT2D eigenvalue weighted by atomic mass is 16.3. The summed E-state index contributed by atoms with van der Waals surface area (Å²) in [6.07, 6.45) is 1.37. The molecule has 0 unspecified atom stereocenters. The van der Waals surface area contributed by atoms with Gasteiger partial charge < -0.3 is 5.11 Å². The fraction of sp³-hybridized carbons (Fsp3) is 0.0909. The molecule has 4 nitrogen and oxygen atoms in total. The van der Waals surface area contributed by atoms with Gasteiger partial charge in [-0.3, -0.25) is 4.79 Å². The lowest BCUT2D eigenvalue weighted by Gasteiger charge is -1.98. The SMILES string of the molecule is Cn1ncc(C(=O)c2ccccc2)c1O. The van der Waals surface area contributed by atoms with Gasteiger partial charge in [-0.1, -0.05) is 30.3 Å². The Hall–Kier alpha value is -2.10. The van der Waals surface area contributed by atoms with Crippen LogP contribution >= 0.6 is 0 Å². The van der Waals surface area contributed by atoms with E-state index in [9.17, 15) is 9.90 Å². The van der Waals surface area contributed by atoms with Gasteiger partial charge >= 0.3 is 0 Å². The molecule has 2 rings (SSSR count). The van der Waals surface area contributed by atoms with Gasteiger partial charge in [0.25, 0.3) is 0 Å². The molecule has 1 aromatic heterocycles. The van der Waals surface area contributed by atoms with Crippen LogP contribution in [0.3, 0.4) is 0 Å². The number of aromatic hydroxyl groups is 1. The predicted octanol–water partition coefficient (Wildman–Crippen LogP) is 1.36. The number of benzene rings is 1. The third-order valence-electron chi connectivity index (χ3n) is 2.19. The summed E-state index contributed by atoms with van der Waals surface area (Å²) in [6, 6.07) is 8.80. The van der Waals surface area contributed by atoms with Crippen molar-refractivity contribution in [3.05, 3.63) is 47.7 Å². The molecule has 0 amide bonds. The van der Waals surface area contributed by atoms with Crippen LogP contribution in [-0.2, 0) is 7.05 Å². The second-order valence-corrected chi connectivity index (χ2v) is 3.20. The van der Waals surface area contributed by atoms with Crippen molar-refractivity contribution >= 4 is 5.78 Å². The maximum atomic E-state index is 11.9. The number of carbonyl (C=O) groups is 1. The molecule has 0 aliphatic rings. The first-order valence-corrected chi connectivity index (χ1v) is 4.51. The first kappa shape index (κ1) is 9.45. The van der Waals surface area contributed by atoms with Crippen LogP contribution < -0.4 is 0 Å². The predicted molar refractivity (Wildman–Crippen MR) is 54.7 cm³/mol. The van der Waals surface area contributed by atoms with E-state index in [1.807, 2.05) is 6.07 Å².